The normalized spacial score (nSPS) is 11.6. The first-order valence-corrected chi connectivity index (χ1v) is 21.3. The van der Waals surface area contributed by atoms with Gasteiger partial charge in [-0.3, -0.25) is 0 Å². The summed E-state index contributed by atoms with van der Waals surface area (Å²) in [4.78, 5) is 0. The van der Waals surface area contributed by atoms with Gasteiger partial charge in [0.05, 0.1) is 0 Å². The Bertz CT molecular complexity index is 2460. The maximum absolute atomic E-state index is 15.4. The van der Waals surface area contributed by atoms with Gasteiger partial charge in [-0.1, -0.05) is 95.0 Å². The summed E-state index contributed by atoms with van der Waals surface area (Å²) in [5.74, 6) is -71.4. The zero-order valence-corrected chi connectivity index (χ0v) is 36.3. The van der Waals surface area contributed by atoms with E-state index in [0.29, 0.717) is 0 Å². The molecule has 0 radical (unpaired) electrons. The van der Waals surface area contributed by atoms with Crippen LogP contribution in [0.25, 0.3) is 0 Å². The van der Waals surface area contributed by atoms with Crippen molar-refractivity contribution in [2.45, 2.75) is 84.1 Å². The summed E-state index contributed by atoms with van der Waals surface area (Å²) >= 11 is 0. The molecule has 0 aliphatic carbocycles. The molecule has 0 aliphatic heterocycles. The average molecular weight is 1020 g/mol. The van der Waals surface area contributed by atoms with E-state index in [4.69, 9.17) is 0 Å². The zero-order valence-electron chi connectivity index (χ0n) is 36.3. The van der Waals surface area contributed by atoms with E-state index >= 15 is 35.1 Å². The lowest BCUT2D eigenvalue weighted by atomic mass is 9.12. The Morgan fingerprint density at radius 3 is 0.843 bits per heavy atom. The number of hydrogen-bond donors (Lipinski definition) is 0. The Kier molecular flexibility index (Phi) is 18.2. The highest BCUT2D eigenvalue weighted by Gasteiger charge is 2.52. The van der Waals surface area contributed by atoms with Crippen LogP contribution in [0.3, 0.4) is 0 Å². The molecule has 6 rings (SSSR count). The lowest BCUT2D eigenvalue weighted by molar-refractivity contribution is -0.688. The third-order valence-corrected chi connectivity index (χ3v) is 11.7. The van der Waals surface area contributed by atoms with E-state index in [1.54, 1.807) is 0 Å². The second-order valence-corrected chi connectivity index (χ2v) is 16.1. The van der Waals surface area contributed by atoms with Gasteiger partial charge in [-0.15, -0.1) is 21.9 Å². The lowest BCUT2D eigenvalue weighted by Crippen LogP contribution is -2.81. The maximum Gasteiger partial charge on any atom is 0.200 e. The van der Waals surface area contributed by atoms with Gasteiger partial charge in [-0.2, -0.15) is 0 Å². The number of unbranched alkanes of at least 4 members (excludes halogenated alkanes) is 9. The van der Waals surface area contributed by atoms with Crippen molar-refractivity contribution < 1.29 is 92.4 Å². The molecule has 0 spiro atoms. The highest BCUT2D eigenvalue weighted by atomic mass is 19.2. The van der Waals surface area contributed by atoms with E-state index in [1.165, 1.54) is 81.8 Å². The summed E-state index contributed by atoms with van der Waals surface area (Å²) in [6.07, 6.45) is 12.5. The number of rotatable bonds is 17. The summed E-state index contributed by atoms with van der Waals surface area (Å²) in [5.41, 5.74) is -11.5. The number of pyridine rings is 1. The van der Waals surface area contributed by atoms with Gasteiger partial charge in [0.25, 0.3) is 0 Å². The molecule has 1 nitrogen and oxygen atoms in total. The molecule has 0 saturated heterocycles. The van der Waals surface area contributed by atoms with Crippen molar-refractivity contribution in [3.63, 3.8) is 0 Å². The minimum atomic E-state index is -7.22. The molecule has 376 valence electrons. The summed E-state index contributed by atoms with van der Waals surface area (Å²) in [6.45, 7) is 3.24. The Morgan fingerprint density at radius 1 is 0.300 bits per heavy atom. The van der Waals surface area contributed by atoms with Crippen molar-refractivity contribution in [2.24, 2.45) is 0 Å². The first-order valence-electron chi connectivity index (χ1n) is 21.3. The summed E-state index contributed by atoms with van der Waals surface area (Å²) in [6, 6.07) is 15.2. The third-order valence-electron chi connectivity index (χ3n) is 11.7. The van der Waals surface area contributed by atoms with Gasteiger partial charge >= 0.3 is 0 Å². The van der Waals surface area contributed by atoms with Gasteiger partial charge in [0.2, 0.25) is 0 Å². The van der Waals surface area contributed by atoms with Crippen LogP contribution in [-0.4, -0.2) is 6.15 Å². The Morgan fingerprint density at radius 2 is 0.557 bits per heavy atom. The van der Waals surface area contributed by atoms with E-state index in [0.717, 1.165) is 6.54 Å². The van der Waals surface area contributed by atoms with Crippen LogP contribution >= 0.6 is 0 Å². The van der Waals surface area contributed by atoms with Crippen molar-refractivity contribution in [1.82, 2.24) is 0 Å². The van der Waals surface area contributed by atoms with Crippen LogP contribution in [0.1, 0.15) is 82.3 Å². The van der Waals surface area contributed by atoms with E-state index in [-0.39, 0.29) is 0 Å². The fraction of sp³-hybridized carbons (Fsp3) is 0.271. The predicted molar refractivity (Wildman–Crippen MR) is 217 cm³/mol. The van der Waals surface area contributed by atoms with Crippen LogP contribution in [-0.2, 0) is 13.0 Å². The smallest absolute Gasteiger partial charge is 0.200 e. The predicted octanol–water partition coefficient (Wildman–Crippen LogP) is 12.3. The molecule has 1 aromatic heterocycles. The molecule has 0 fully saturated rings. The average Bonchev–Trinajstić information content (AvgIpc) is 3.35. The molecule has 22 heteroatoms. The number of benzene rings is 5. The van der Waals surface area contributed by atoms with Crippen molar-refractivity contribution in [3.8, 4) is 0 Å². The maximum atomic E-state index is 15.4. The molecule has 0 amide bonds. The molecule has 0 saturated carbocycles. The molecule has 0 N–H and O–H groups in total. The van der Waals surface area contributed by atoms with Gasteiger partial charge in [-0.05, 0) is 18.4 Å². The number of hydrogen-bond acceptors (Lipinski definition) is 0. The van der Waals surface area contributed by atoms with E-state index in [9.17, 15) is 52.7 Å². The van der Waals surface area contributed by atoms with E-state index < -0.39 is 144 Å². The van der Waals surface area contributed by atoms with Crippen LogP contribution < -0.4 is 26.4 Å². The molecule has 0 aliphatic rings. The topological polar surface area (TPSA) is 3.88 Å². The molecular weight excluding hydrogens is 981 g/mol. The third kappa shape index (κ3) is 10.5. The van der Waals surface area contributed by atoms with Crippen molar-refractivity contribution in [1.29, 1.82) is 0 Å². The van der Waals surface area contributed by atoms with Crippen molar-refractivity contribution in [3.05, 3.63) is 182 Å². The van der Waals surface area contributed by atoms with Crippen LogP contribution in [0.15, 0.2) is 54.9 Å². The Balaban J connectivity index is 0.000000308. The Hall–Kier alpha value is -6.09. The second kappa shape index (κ2) is 23.2. The standard InChI is InChI=1S/C24BF20.C24H36N/c26-5-1(6(27)14(35)21(42)13(5)34)25(2-7(28)15(36)22(43)16(37)8(2)29,3-9(30)17(38)23(44)18(39)10(3)31)4-11(32)19(40)24(45)20(41)12(4)33;1-2-3-4-5-6-7-8-9-10-12-15-23-18-20-25(21-19-23)22-24-16-13-11-14-17-24/h;11,13-14,16-21H,2-10,12,15,22H2,1H3/q-1;+1. The zero-order chi connectivity index (χ0) is 51.9. The monoisotopic (exact) mass is 1020 g/mol. The fourth-order valence-electron chi connectivity index (χ4n) is 8.25. The molecule has 70 heavy (non-hydrogen) atoms. The number of aromatic nitrogens is 1. The molecular formula is C48H36BF20N. The largest absolute Gasteiger partial charge is 0.207 e. The highest BCUT2D eigenvalue weighted by molar-refractivity contribution is 7.20. The summed E-state index contributed by atoms with van der Waals surface area (Å²) in [5, 5.41) is 0. The molecule has 0 atom stereocenters. The molecule has 0 unspecified atom stereocenters. The minimum absolute atomic E-state index is 0.958. The quantitative estimate of drug-likeness (QED) is 0.0214. The number of nitrogens with zero attached hydrogens (tertiary/aromatic N) is 1. The van der Waals surface area contributed by atoms with Gasteiger partial charge in [0.15, 0.2) is 88.7 Å². The molecule has 0 bridgehead atoms. The molecule has 6 aromatic rings. The van der Waals surface area contributed by atoms with Crippen LogP contribution in [0, 0.1) is 116 Å². The highest BCUT2D eigenvalue weighted by Crippen LogP contribution is 2.31. The lowest BCUT2D eigenvalue weighted by Gasteiger charge is -2.44. The van der Waals surface area contributed by atoms with Gasteiger partial charge < -0.3 is 0 Å². The van der Waals surface area contributed by atoms with E-state index in [2.05, 4.69) is 66.3 Å². The van der Waals surface area contributed by atoms with Crippen LogP contribution in [0.4, 0.5) is 87.8 Å². The second-order valence-electron chi connectivity index (χ2n) is 16.1. The summed E-state index contributed by atoms with van der Waals surface area (Å²) in [7, 11) is 0. The number of aryl methyl sites for hydroxylation is 1. The fourth-order valence-corrected chi connectivity index (χ4v) is 8.25. The molecule has 1 heterocycles. The summed E-state index contributed by atoms with van der Waals surface area (Å²) < 4.78 is 296. The van der Waals surface area contributed by atoms with Gasteiger partial charge in [0.1, 0.15) is 52.7 Å². The minimum Gasteiger partial charge on any atom is -0.207 e. The SMILES string of the molecule is CCCCCCCCCCCCc1cc[n+](Cc2ccccc2)cc1.Fc1c(F)c(F)c([B-](c2c(F)c(F)c(F)c(F)c2F)(c2c(F)c(F)c(F)c(F)c2F)c2c(F)c(F)c(F)c(F)c2F)c(F)c1F. The van der Waals surface area contributed by atoms with E-state index in [1.807, 2.05) is 0 Å². The number of halogens is 20. The van der Waals surface area contributed by atoms with Crippen LogP contribution in [0.5, 0.6) is 0 Å². The first-order chi connectivity index (χ1) is 33.1. The van der Waals surface area contributed by atoms with Crippen molar-refractivity contribution >= 4 is 28.0 Å². The van der Waals surface area contributed by atoms with Gasteiger partial charge in [0, 0.05) is 17.7 Å². The molecule has 5 aromatic carbocycles. The van der Waals surface area contributed by atoms with Gasteiger partial charge in [-0.25, -0.2) is 92.4 Å². The Labute approximate surface area is 386 Å². The first kappa shape index (κ1) is 54.9. The van der Waals surface area contributed by atoms with Crippen LogP contribution in [0.2, 0.25) is 0 Å². The van der Waals surface area contributed by atoms with Crippen molar-refractivity contribution in [2.75, 3.05) is 0 Å².